The minimum absolute atomic E-state index is 0.443. The van der Waals surface area contributed by atoms with Crippen molar-refractivity contribution in [2.24, 2.45) is 4.99 Å². The van der Waals surface area contributed by atoms with Crippen LogP contribution < -0.4 is 5.32 Å². The van der Waals surface area contributed by atoms with Gasteiger partial charge in [-0.2, -0.15) is 0 Å². The maximum Gasteiger partial charge on any atom is 0.0872 e. The second-order valence-electron chi connectivity index (χ2n) is 2.96. The summed E-state index contributed by atoms with van der Waals surface area (Å²) in [6.45, 7) is 6.16. The molecular weight excluding hydrogens is 148 g/mol. The lowest BCUT2D eigenvalue weighted by atomic mass is 10.1. The average Bonchev–Trinajstić information content (AvgIpc) is 2.57. The summed E-state index contributed by atoms with van der Waals surface area (Å²) in [5.41, 5.74) is 2.96. The van der Waals surface area contributed by atoms with E-state index in [1.165, 1.54) is 30.5 Å². The molecule has 0 saturated heterocycles. The van der Waals surface area contributed by atoms with Crippen LogP contribution in [0.1, 0.15) is 40.0 Å². The zero-order valence-electron chi connectivity index (χ0n) is 8.22. The van der Waals surface area contributed by atoms with E-state index in [0.717, 1.165) is 0 Å². The summed E-state index contributed by atoms with van der Waals surface area (Å²) in [4.78, 5) is 4.28. The predicted octanol–water partition coefficient (Wildman–Crippen LogP) is 2.47. The molecule has 1 N–H and O–H groups in total. The highest BCUT2D eigenvalue weighted by molar-refractivity contribution is 5.61. The first-order valence-corrected chi connectivity index (χ1v) is 4.88. The van der Waals surface area contributed by atoms with E-state index in [-0.39, 0.29) is 0 Å². The minimum Gasteiger partial charge on any atom is -0.350 e. The normalized spacial score (nSPS) is 25.8. The van der Waals surface area contributed by atoms with Crippen LogP contribution in [-0.4, -0.2) is 12.4 Å². The first-order chi connectivity index (χ1) is 5.88. The molecule has 1 atom stereocenters. The molecule has 12 heavy (non-hydrogen) atoms. The van der Waals surface area contributed by atoms with Crippen molar-refractivity contribution in [3.63, 3.8) is 0 Å². The van der Waals surface area contributed by atoms with Crippen LogP contribution in [0.3, 0.4) is 0 Å². The van der Waals surface area contributed by atoms with Gasteiger partial charge < -0.3 is 5.32 Å². The average molecular weight is 166 g/mol. The van der Waals surface area contributed by atoms with Crippen molar-refractivity contribution in [3.8, 4) is 0 Å². The summed E-state index contributed by atoms with van der Waals surface area (Å²) in [7, 11) is 0. The lowest BCUT2D eigenvalue weighted by molar-refractivity contribution is 0.788. The summed E-state index contributed by atoms with van der Waals surface area (Å²) in [6, 6.07) is 0.443. The van der Waals surface area contributed by atoms with E-state index in [9.17, 15) is 0 Å². The van der Waals surface area contributed by atoms with Gasteiger partial charge >= 0.3 is 0 Å². The molecule has 0 aromatic carbocycles. The van der Waals surface area contributed by atoms with Gasteiger partial charge in [-0.05, 0) is 31.8 Å². The number of nitrogens with one attached hydrogen (secondary N) is 1. The van der Waals surface area contributed by atoms with Crippen LogP contribution in [0.25, 0.3) is 0 Å². The van der Waals surface area contributed by atoms with Crippen molar-refractivity contribution >= 4 is 6.34 Å². The lowest BCUT2D eigenvalue weighted by Crippen LogP contribution is -2.20. The molecule has 0 aromatic heterocycles. The maximum absolute atomic E-state index is 4.28. The summed E-state index contributed by atoms with van der Waals surface area (Å²) >= 11 is 0. The number of aliphatic imine (C=N–C) groups is 1. The van der Waals surface area contributed by atoms with E-state index in [1.807, 2.05) is 20.2 Å². The Balaban J connectivity index is 0.000000336. The molecule has 2 heteroatoms. The topological polar surface area (TPSA) is 24.4 Å². The fourth-order valence-corrected chi connectivity index (χ4v) is 1.71. The number of nitrogens with zero attached hydrogens (tertiary/aromatic N) is 1. The zero-order chi connectivity index (χ0) is 8.97. The highest BCUT2D eigenvalue weighted by Gasteiger charge is 2.20. The number of hydrogen-bond acceptors (Lipinski definition) is 2. The van der Waals surface area contributed by atoms with Crippen LogP contribution in [0.15, 0.2) is 16.3 Å². The van der Waals surface area contributed by atoms with E-state index >= 15 is 0 Å². The Kier molecular flexibility index (Phi) is 3.32. The van der Waals surface area contributed by atoms with E-state index in [1.54, 1.807) is 0 Å². The van der Waals surface area contributed by atoms with Crippen molar-refractivity contribution in [3.05, 3.63) is 11.3 Å². The van der Waals surface area contributed by atoms with Crippen LogP contribution >= 0.6 is 0 Å². The summed E-state index contributed by atoms with van der Waals surface area (Å²) < 4.78 is 0. The standard InChI is InChI=1S/C8H12N2.C2H6/c1-6-7-3-2-4-8(7)10-5-9-6;1-2/h5-6H,2-4H2,1H3,(H,9,10);1-2H3. The molecule has 0 spiro atoms. The van der Waals surface area contributed by atoms with Gasteiger partial charge in [-0.3, -0.25) is 4.99 Å². The molecular formula is C10H18N2. The molecule has 0 aromatic rings. The first kappa shape index (κ1) is 9.30. The Labute approximate surface area is 74.8 Å². The van der Waals surface area contributed by atoms with Gasteiger partial charge in [0.1, 0.15) is 0 Å². The molecule has 0 radical (unpaired) electrons. The van der Waals surface area contributed by atoms with Crippen molar-refractivity contribution in [1.29, 1.82) is 0 Å². The second-order valence-corrected chi connectivity index (χ2v) is 2.96. The van der Waals surface area contributed by atoms with Gasteiger partial charge in [-0.25, -0.2) is 0 Å². The van der Waals surface area contributed by atoms with Gasteiger partial charge in [0.25, 0.3) is 0 Å². The lowest BCUT2D eigenvalue weighted by Gasteiger charge is -2.15. The van der Waals surface area contributed by atoms with Gasteiger partial charge in [-0.15, -0.1) is 0 Å². The predicted molar refractivity (Wildman–Crippen MR) is 53.3 cm³/mol. The molecule has 2 nitrogen and oxygen atoms in total. The van der Waals surface area contributed by atoms with Crippen molar-refractivity contribution in [2.75, 3.05) is 0 Å². The Morgan fingerprint density at radius 2 is 2.17 bits per heavy atom. The molecule has 0 bridgehead atoms. The van der Waals surface area contributed by atoms with E-state index < -0.39 is 0 Å². The van der Waals surface area contributed by atoms with Crippen LogP contribution in [0.4, 0.5) is 0 Å². The highest BCUT2D eigenvalue weighted by atomic mass is 15.0. The number of allylic oxidation sites excluding steroid dienone is 1. The third-order valence-electron chi connectivity index (χ3n) is 2.30. The van der Waals surface area contributed by atoms with Crippen LogP contribution in [0, 0.1) is 0 Å². The van der Waals surface area contributed by atoms with E-state index in [4.69, 9.17) is 0 Å². The van der Waals surface area contributed by atoms with Crippen LogP contribution in [0.5, 0.6) is 0 Å². The van der Waals surface area contributed by atoms with E-state index in [2.05, 4.69) is 17.2 Å². The molecule has 0 fully saturated rings. The monoisotopic (exact) mass is 166 g/mol. The quantitative estimate of drug-likeness (QED) is 0.587. The second kappa shape index (κ2) is 4.29. The fraction of sp³-hybridized carbons (Fsp3) is 0.700. The van der Waals surface area contributed by atoms with Crippen molar-refractivity contribution < 1.29 is 0 Å². The molecule has 0 amide bonds. The van der Waals surface area contributed by atoms with Crippen LogP contribution in [0.2, 0.25) is 0 Å². The van der Waals surface area contributed by atoms with Gasteiger partial charge in [0, 0.05) is 5.70 Å². The largest absolute Gasteiger partial charge is 0.350 e. The maximum atomic E-state index is 4.28. The minimum atomic E-state index is 0.443. The van der Waals surface area contributed by atoms with Crippen molar-refractivity contribution in [2.45, 2.75) is 46.1 Å². The number of rotatable bonds is 0. The Hall–Kier alpha value is -0.790. The fourth-order valence-electron chi connectivity index (χ4n) is 1.71. The third-order valence-corrected chi connectivity index (χ3v) is 2.30. The molecule has 1 aliphatic carbocycles. The summed E-state index contributed by atoms with van der Waals surface area (Å²) in [5.74, 6) is 0. The SMILES string of the molecule is CC.CC1N=CNC2=C1CCC2. The van der Waals surface area contributed by atoms with E-state index in [0.29, 0.717) is 6.04 Å². The van der Waals surface area contributed by atoms with Gasteiger partial charge in [0.2, 0.25) is 0 Å². The van der Waals surface area contributed by atoms with Gasteiger partial charge in [0.05, 0.1) is 12.4 Å². The molecule has 0 saturated carbocycles. The number of hydrogen-bond donors (Lipinski definition) is 1. The Bertz CT molecular complexity index is 204. The summed E-state index contributed by atoms with van der Waals surface area (Å²) in [5, 5.41) is 3.20. The van der Waals surface area contributed by atoms with Gasteiger partial charge in [-0.1, -0.05) is 13.8 Å². The molecule has 1 unspecified atom stereocenters. The Morgan fingerprint density at radius 3 is 2.83 bits per heavy atom. The molecule has 2 rings (SSSR count). The molecule has 1 aliphatic heterocycles. The van der Waals surface area contributed by atoms with Crippen LogP contribution in [-0.2, 0) is 0 Å². The molecule has 68 valence electrons. The molecule has 2 aliphatic rings. The smallest absolute Gasteiger partial charge is 0.0872 e. The zero-order valence-corrected chi connectivity index (χ0v) is 8.22. The first-order valence-electron chi connectivity index (χ1n) is 4.88. The van der Waals surface area contributed by atoms with Crippen molar-refractivity contribution in [1.82, 2.24) is 5.32 Å². The summed E-state index contributed by atoms with van der Waals surface area (Å²) in [6.07, 6.45) is 5.62. The highest BCUT2D eigenvalue weighted by Crippen LogP contribution is 2.28. The Morgan fingerprint density at radius 1 is 1.42 bits per heavy atom. The molecule has 1 heterocycles. The van der Waals surface area contributed by atoms with Gasteiger partial charge in [0.15, 0.2) is 0 Å². The third kappa shape index (κ3) is 1.68.